The molecule has 15 heavy (non-hydrogen) atoms. The van der Waals surface area contributed by atoms with Crippen LogP contribution in [-0.2, 0) is 0 Å². The van der Waals surface area contributed by atoms with E-state index >= 15 is 0 Å². The van der Waals surface area contributed by atoms with E-state index < -0.39 is 0 Å². The molecule has 1 N–H and O–H groups in total. The highest BCUT2D eigenvalue weighted by Gasteiger charge is 2.09. The lowest BCUT2D eigenvalue weighted by Crippen LogP contribution is -2.25. The maximum atomic E-state index is 11.5. The van der Waals surface area contributed by atoms with Crippen molar-refractivity contribution >= 4 is 21.8 Å². The van der Waals surface area contributed by atoms with Crippen LogP contribution in [0, 0.1) is 6.92 Å². The van der Waals surface area contributed by atoms with Crippen LogP contribution in [0.4, 0.5) is 0 Å². The van der Waals surface area contributed by atoms with Crippen molar-refractivity contribution in [3.8, 4) is 0 Å². The Balaban J connectivity index is 2.31. The van der Waals surface area contributed by atoms with E-state index in [0.29, 0.717) is 17.1 Å². The summed E-state index contributed by atoms with van der Waals surface area (Å²) in [5.74, 6) is 1.00. The van der Waals surface area contributed by atoms with Crippen molar-refractivity contribution in [2.45, 2.75) is 31.5 Å². The molecule has 0 spiro atoms. The van der Waals surface area contributed by atoms with Gasteiger partial charge in [0.25, 0.3) is 5.91 Å². The first-order chi connectivity index (χ1) is 7.13. The normalized spacial score (nSPS) is 12.5. The van der Waals surface area contributed by atoms with E-state index in [1.807, 2.05) is 6.92 Å². The van der Waals surface area contributed by atoms with E-state index in [1.165, 1.54) is 0 Å². The highest BCUT2D eigenvalue weighted by molar-refractivity contribution is 9.09. The third-order valence-corrected chi connectivity index (χ3v) is 3.26. The summed E-state index contributed by atoms with van der Waals surface area (Å²) < 4.78 is 5.21. The number of carbonyl (C=O) groups is 1. The van der Waals surface area contributed by atoms with Crippen molar-refractivity contribution < 1.29 is 9.21 Å². The number of hydrogen-bond acceptors (Lipinski definition) is 2. The Bertz CT molecular complexity index is 322. The molecule has 0 saturated heterocycles. The molecular weight excluding hydrogens is 258 g/mol. The van der Waals surface area contributed by atoms with Gasteiger partial charge in [0.1, 0.15) is 5.76 Å². The minimum absolute atomic E-state index is 0.140. The number of halogens is 1. The first-order valence-electron chi connectivity index (χ1n) is 5.12. The second kappa shape index (κ2) is 5.95. The van der Waals surface area contributed by atoms with E-state index in [0.717, 1.165) is 18.6 Å². The molecule has 1 heterocycles. The van der Waals surface area contributed by atoms with Crippen molar-refractivity contribution in [3.63, 3.8) is 0 Å². The predicted octanol–water partition coefficient (Wildman–Crippen LogP) is 2.88. The molecule has 1 atom stereocenters. The van der Waals surface area contributed by atoms with Crippen LogP contribution in [0.5, 0.6) is 0 Å². The van der Waals surface area contributed by atoms with Gasteiger partial charge in [-0.05, 0) is 31.9 Å². The number of nitrogens with one attached hydrogen (secondary N) is 1. The van der Waals surface area contributed by atoms with Crippen LogP contribution in [-0.4, -0.2) is 17.3 Å². The van der Waals surface area contributed by atoms with Crippen LogP contribution in [0.15, 0.2) is 16.5 Å². The molecule has 4 heteroatoms. The Kier molecular flexibility index (Phi) is 4.88. The standard InChI is InChI=1S/C11H16BrNO2/c1-3-9(12)6-7-13-11(14)10-5-4-8(2)15-10/h4-5,9H,3,6-7H2,1-2H3,(H,13,14). The first kappa shape index (κ1) is 12.3. The fourth-order valence-electron chi connectivity index (χ4n) is 1.19. The van der Waals surface area contributed by atoms with Crippen molar-refractivity contribution in [3.05, 3.63) is 23.7 Å². The fraction of sp³-hybridized carbons (Fsp3) is 0.545. The lowest BCUT2D eigenvalue weighted by Gasteiger charge is -2.06. The maximum Gasteiger partial charge on any atom is 0.286 e. The van der Waals surface area contributed by atoms with E-state index in [9.17, 15) is 4.79 Å². The monoisotopic (exact) mass is 273 g/mol. The summed E-state index contributed by atoms with van der Waals surface area (Å²) in [5, 5.41) is 2.81. The molecule has 0 aliphatic carbocycles. The number of aryl methyl sites for hydroxylation is 1. The molecule has 0 aliphatic heterocycles. The maximum absolute atomic E-state index is 11.5. The number of alkyl halides is 1. The summed E-state index contributed by atoms with van der Waals surface area (Å²) >= 11 is 3.51. The van der Waals surface area contributed by atoms with E-state index in [4.69, 9.17) is 4.42 Å². The molecular formula is C11H16BrNO2. The molecule has 1 unspecified atom stereocenters. The molecule has 0 bridgehead atoms. The van der Waals surface area contributed by atoms with E-state index in [2.05, 4.69) is 28.2 Å². The summed E-state index contributed by atoms with van der Waals surface area (Å²) in [6.45, 7) is 4.60. The Morgan fingerprint density at radius 1 is 1.60 bits per heavy atom. The van der Waals surface area contributed by atoms with Gasteiger partial charge in [0.15, 0.2) is 5.76 Å². The van der Waals surface area contributed by atoms with E-state index in [-0.39, 0.29) is 5.91 Å². The first-order valence-corrected chi connectivity index (χ1v) is 6.03. The topological polar surface area (TPSA) is 42.2 Å². The Morgan fingerprint density at radius 3 is 2.87 bits per heavy atom. The van der Waals surface area contributed by atoms with Gasteiger partial charge >= 0.3 is 0 Å². The van der Waals surface area contributed by atoms with Crippen LogP contribution in [0.25, 0.3) is 0 Å². The third kappa shape index (κ3) is 4.08. The van der Waals surface area contributed by atoms with E-state index in [1.54, 1.807) is 12.1 Å². The zero-order valence-corrected chi connectivity index (χ0v) is 10.6. The largest absolute Gasteiger partial charge is 0.456 e. The van der Waals surface area contributed by atoms with Crippen LogP contribution in [0.3, 0.4) is 0 Å². The molecule has 0 aromatic carbocycles. The lowest BCUT2D eigenvalue weighted by atomic mass is 10.2. The van der Waals surface area contributed by atoms with Gasteiger partial charge in [-0.15, -0.1) is 0 Å². The lowest BCUT2D eigenvalue weighted by molar-refractivity contribution is 0.0924. The van der Waals surface area contributed by atoms with Gasteiger partial charge in [0.2, 0.25) is 0 Å². The van der Waals surface area contributed by atoms with Gasteiger partial charge in [-0.1, -0.05) is 22.9 Å². The molecule has 0 fully saturated rings. The van der Waals surface area contributed by atoms with Gasteiger partial charge in [-0.25, -0.2) is 0 Å². The fourth-order valence-corrected chi connectivity index (χ4v) is 1.42. The summed E-state index contributed by atoms with van der Waals surface area (Å²) in [4.78, 5) is 12.0. The second-order valence-corrected chi connectivity index (χ2v) is 4.76. The molecule has 0 aliphatic rings. The molecule has 1 amide bonds. The average molecular weight is 274 g/mol. The van der Waals surface area contributed by atoms with Crippen molar-refractivity contribution in [1.29, 1.82) is 0 Å². The Hall–Kier alpha value is -0.770. The Morgan fingerprint density at radius 2 is 2.33 bits per heavy atom. The summed E-state index contributed by atoms with van der Waals surface area (Å²) in [5.41, 5.74) is 0. The average Bonchev–Trinajstić information content (AvgIpc) is 2.64. The van der Waals surface area contributed by atoms with Gasteiger partial charge in [-0.3, -0.25) is 4.79 Å². The highest BCUT2D eigenvalue weighted by atomic mass is 79.9. The summed E-state index contributed by atoms with van der Waals surface area (Å²) in [6, 6.07) is 3.48. The molecule has 84 valence electrons. The SMILES string of the molecule is CCC(Br)CCNC(=O)c1ccc(C)o1. The molecule has 0 radical (unpaired) electrons. The van der Waals surface area contributed by atoms with Gasteiger partial charge in [-0.2, -0.15) is 0 Å². The van der Waals surface area contributed by atoms with Gasteiger partial charge < -0.3 is 9.73 Å². The summed E-state index contributed by atoms with van der Waals surface area (Å²) in [6.07, 6.45) is 2.00. The highest BCUT2D eigenvalue weighted by Crippen LogP contribution is 2.09. The smallest absolute Gasteiger partial charge is 0.286 e. The van der Waals surface area contributed by atoms with Crippen molar-refractivity contribution in [1.82, 2.24) is 5.32 Å². The van der Waals surface area contributed by atoms with Gasteiger partial charge in [0, 0.05) is 11.4 Å². The number of carbonyl (C=O) groups excluding carboxylic acids is 1. The predicted molar refractivity (Wildman–Crippen MR) is 63.4 cm³/mol. The summed E-state index contributed by atoms with van der Waals surface area (Å²) in [7, 11) is 0. The number of amides is 1. The quantitative estimate of drug-likeness (QED) is 0.839. The molecule has 0 saturated carbocycles. The minimum Gasteiger partial charge on any atom is -0.456 e. The van der Waals surface area contributed by atoms with Crippen LogP contribution in [0.2, 0.25) is 0 Å². The van der Waals surface area contributed by atoms with Crippen molar-refractivity contribution in [2.24, 2.45) is 0 Å². The van der Waals surface area contributed by atoms with Crippen LogP contribution >= 0.6 is 15.9 Å². The number of furan rings is 1. The minimum atomic E-state index is -0.140. The zero-order valence-electron chi connectivity index (χ0n) is 9.05. The third-order valence-electron chi connectivity index (χ3n) is 2.15. The van der Waals surface area contributed by atoms with Gasteiger partial charge in [0.05, 0.1) is 0 Å². The van der Waals surface area contributed by atoms with Crippen LogP contribution < -0.4 is 5.32 Å². The number of hydrogen-bond donors (Lipinski definition) is 1. The van der Waals surface area contributed by atoms with Crippen molar-refractivity contribution in [2.75, 3.05) is 6.54 Å². The number of rotatable bonds is 5. The van der Waals surface area contributed by atoms with Crippen LogP contribution in [0.1, 0.15) is 36.1 Å². The molecule has 1 aromatic rings. The second-order valence-electron chi connectivity index (χ2n) is 3.46. The molecule has 3 nitrogen and oxygen atoms in total. The molecule has 1 rings (SSSR count). The zero-order chi connectivity index (χ0) is 11.3. The Labute approximate surface area is 98.4 Å². The molecule has 1 aromatic heterocycles.